The van der Waals surface area contributed by atoms with Gasteiger partial charge in [0.25, 0.3) is 5.91 Å². The summed E-state index contributed by atoms with van der Waals surface area (Å²) in [4.78, 5) is 18.0. The van der Waals surface area contributed by atoms with Crippen molar-refractivity contribution in [3.63, 3.8) is 0 Å². The molecule has 210 valence electrons. The molecule has 1 amide bonds. The van der Waals surface area contributed by atoms with Gasteiger partial charge in [0.15, 0.2) is 0 Å². The lowest BCUT2D eigenvalue weighted by atomic mass is 9.85. The number of carbonyl (C=O) groups excluding carboxylic acids is 1. The van der Waals surface area contributed by atoms with Crippen LogP contribution in [0, 0.1) is 13.8 Å². The largest absolute Gasteiger partial charge is 0.330 e. The molecule has 11 heteroatoms. The maximum absolute atomic E-state index is 13.5. The minimum Gasteiger partial charge on any atom is -0.330 e. The average Bonchev–Trinajstić information content (AvgIpc) is 3.45. The third-order valence-corrected chi connectivity index (χ3v) is 7.85. The van der Waals surface area contributed by atoms with Crippen molar-refractivity contribution in [3.05, 3.63) is 70.8 Å². The van der Waals surface area contributed by atoms with Gasteiger partial charge in [0.2, 0.25) is 10.0 Å². The third kappa shape index (κ3) is 5.65. The molecule has 2 N–H and O–H groups in total. The Kier molecular flexibility index (Phi) is 6.81. The number of anilines is 2. The van der Waals surface area contributed by atoms with Gasteiger partial charge < -0.3 is 9.88 Å². The molecule has 10 nitrogen and oxygen atoms in total. The second-order valence-electron chi connectivity index (χ2n) is 11.7. The Balaban J connectivity index is 1.45. The van der Waals surface area contributed by atoms with Gasteiger partial charge in [0.1, 0.15) is 11.5 Å². The molecule has 0 spiro atoms. The number of aryl methyl sites for hydroxylation is 1. The zero-order valence-electron chi connectivity index (χ0n) is 23.9. The number of carbonyl (C=O) groups is 1. The van der Waals surface area contributed by atoms with Crippen molar-refractivity contribution in [2.24, 2.45) is 7.05 Å². The summed E-state index contributed by atoms with van der Waals surface area (Å²) in [5.41, 5.74) is 5.92. The highest BCUT2D eigenvalue weighted by Gasteiger charge is 2.29. The van der Waals surface area contributed by atoms with Crippen molar-refractivity contribution in [1.29, 1.82) is 0 Å². The van der Waals surface area contributed by atoms with Crippen LogP contribution in [0.4, 0.5) is 11.4 Å². The fourth-order valence-electron chi connectivity index (χ4n) is 4.66. The number of imidazole rings is 1. The number of benzene rings is 2. The van der Waals surface area contributed by atoms with Crippen LogP contribution < -0.4 is 10.0 Å². The molecule has 2 aromatic heterocycles. The molecule has 0 unspecified atom stereocenters. The van der Waals surface area contributed by atoms with Crippen LogP contribution in [0.3, 0.4) is 0 Å². The zero-order valence-corrected chi connectivity index (χ0v) is 24.7. The van der Waals surface area contributed by atoms with E-state index in [4.69, 9.17) is 0 Å². The van der Waals surface area contributed by atoms with Gasteiger partial charge in [-0.3, -0.25) is 9.52 Å². The van der Waals surface area contributed by atoms with Gasteiger partial charge in [-0.15, -0.1) is 5.10 Å². The Morgan fingerprint density at radius 3 is 2.42 bits per heavy atom. The zero-order chi connectivity index (χ0) is 29.0. The molecule has 1 saturated carbocycles. The SMILES string of the molecule is Cc1ccc(C(=O)Nc2cc(C(C)(C)C)cc(NS(C)(=O)=O)c2C)cc1-n1cc(-c2cnc(C3CC3)n2C)nn1. The number of rotatable bonds is 7. The van der Waals surface area contributed by atoms with E-state index in [1.54, 1.807) is 23.7 Å². The van der Waals surface area contributed by atoms with E-state index >= 15 is 0 Å². The molecule has 4 aromatic rings. The van der Waals surface area contributed by atoms with Crippen LogP contribution in [0.5, 0.6) is 0 Å². The Labute approximate surface area is 234 Å². The number of sulfonamides is 1. The molecule has 0 saturated heterocycles. The van der Waals surface area contributed by atoms with Crippen molar-refractivity contribution in [3.8, 4) is 17.1 Å². The van der Waals surface area contributed by atoms with Gasteiger partial charge in [-0.05, 0) is 73.1 Å². The highest BCUT2D eigenvalue weighted by Crippen LogP contribution is 2.40. The van der Waals surface area contributed by atoms with Gasteiger partial charge in [-0.1, -0.05) is 32.1 Å². The van der Waals surface area contributed by atoms with E-state index in [2.05, 4.69) is 29.9 Å². The fraction of sp³-hybridized carbons (Fsp3) is 0.379. The number of hydrogen-bond acceptors (Lipinski definition) is 6. The highest BCUT2D eigenvalue weighted by molar-refractivity contribution is 7.92. The smallest absolute Gasteiger partial charge is 0.255 e. The van der Waals surface area contributed by atoms with E-state index in [-0.39, 0.29) is 11.3 Å². The highest BCUT2D eigenvalue weighted by atomic mass is 32.2. The number of hydrogen-bond donors (Lipinski definition) is 2. The summed E-state index contributed by atoms with van der Waals surface area (Å²) >= 11 is 0. The van der Waals surface area contributed by atoms with E-state index in [1.807, 2.05) is 65.3 Å². The molecule has 1 aliphatic carbocycles. The Morgan fingerprint density at radius 1 is 1.07 bits per heavy atom. The first-order valence-electron chi connectivity index (χ1n) is 13.2. The van der Waals surface area contributed by atoms with Gasteiger partial charge >= 0.3 is 0 Å². The van der Waals surface area contributed by atoms with E-state index < -0.39 is 10.0 Å². The third-order valence-electron chi connectivity index (χ3n) is 7.26. The molecule has 0 radical (unpaired) electrons. The van der Waals surface area contributed by atoms with Crippen LogP contribution in [0.15, 0.2) is 42.7 Å². The first kappa shape index (κ1) is 27.6. The molecule has 2 heterocycles. The summed E-state index contributed by atoms with van der Waals surface area (Å²) < 4.78 is 30.3. The number of aromatic nitrogens is 5. The van der Waals surface area contributed by atoms with Crippen molar-refractivity contribution < 1.29 is 13.2 Å². The summed E-state index contributed by atoms with van der Waals surface area (Å²) in [6.07, 6.45) is 7.12. The van der Waals surface area contributed by atoms with Gasteiger partial charge in [-0.25, -0.2) is 18.1 Å². The number of amides is 1. The van der Waals surface area contributed by atoms with E-state index in [0.717, 1.165) is 34.6 Å². The van der Waals surface area contributed by atoms with Crippen molar-refractivity contribution in [2.75, 3.05) is 16.3 Å². The van der Waals surface area contributed by atoms with Crippen molar-refractivity contribution in [2.45, 2.75) is 58.8 Å². The maximum Gasteiger partial charge on any atom is 0.255 e. The van der Waals surface area contributed by atoms with Crippen LogP contribution in [-0.4, -0.2) is 45.1 Å². The van der Waals surface area contributed by atoms with Gasteiger partial charge in [0.05, 0.1) is 35.7 Å². The first-order valence-corrected chi connectivity index (χ1v) is 15.1. The molecule has 5 rings (SSSR count). The molecular weight excluding hydrogens is 526 g/mol. The predicted molar refractivity (Wildman–Crippen MR) is 157 cm³/mol. The standard InChI is InChI=1S/C29H35N7O3S/c1-17-8-9-20(12-25(17)36-16-24(32-34-36)26-15-30-27(35(26)6)19-10-11-19)28(37)31-22-13-21(29(3,4)5)14-23(18(22)2)33-40(7,38)39/h8-9,12-16,19,33H,10-11H2,1-7H3,(H,31,37). The van der Waals surface area contributed by atoms with Crippen LogP contribution in [0.2, 0.25) is 0 Å². The van der Waals surface area contributed by atoms with Crippen molar-refractivity contribution >= 4 is 27.3 Å². The van der Waals surface area contributed by atoms with E-state index in [1.165, 1.54) is 12.8 Å². The Bertz CT molecular complexity index is 1720. The van der Waals surface area contributed by atoms with Crippen LogP contribution in [-0.2, 0) is 22.5 Å². The summed E-state index contributed by atoms with van der Waals surface area (Å²) in [6.45, 7) is 9.83. The minimum atomic E-state index is -3.50. The Hall–Kier alpha value is -3.99. The predicted octanol–water partition coefficient (Wildman–Crippen LogP) is 5.08. The average molecular weight is 562 g/mol. The normalized spacial score (nSPS) is 13.9. The lowest BCUT2D eigenvalue weighted by Crippen LogP contribution is -2.18. The fourth-order valence-corrected chi connectivity index (χ4v) is 5.27. The first-order chi connectivity index (χ1) is 18.7. The monoisotopic (exact) mass is 561 g/mol. The summed E-state index contributed by atoms with van der Waals surface area (Å²) in [5.74, 6) is 1.28. The van der Waals surface area contributed by atoms with Crippen LogP contribution in [0.1, 0.15) is 72.4 Å². The maximum atomic E-state index is 13.5. The van der Waals surface area contributed by atoms with E-state index in [0.29, 0.717) is 34.1 Å². The summed E-state index contributed by atoms with van der Waals surface area (Å²) in [5, 5.41) is 11.7. The summed E-state index contributed by atoms with van der Waals surface area (Å²) in [7, 11) is -1.51. The molecule has 2 aromatic carbocycles. The van der Waals surface area contributed by atoms with Crippen LogP contribution in [0.25, 0.3) is 17.1 Å². The number of nitrogens with one attached hydrogen (secondary N) is 2. The Morgan fingerprint density at radius 2 is 1.77 bits per heavy atom. The van der Waals surface area contributed by atoms with Crippen LogP contribution >= 0.6 is 0 Å². The molecule has 1 aliphatic rings. The lowest BCUT2D eigenvalue weighted by Gasteiger charge is -2.23. The van der Waals surface area contributed by atoms with E-state index in [9.17, 15) is 13.2 Å². The molecule has 40 heavy (non-hydrogen) atoms. The molecular formula is C29H35N7O3S. The quantitative estimate of drug-likeness (QED) is 0.324. The second kappa shape index (κ2) is 9.88. The topological polar surface area (TPSA) is 124 Å². The van der Waals surface area contributed by atoms with Gasteiger partial charge in [-0.2, -0.15) is 0 Å². The summed E-state index contributed by atoms with van der Waals surface area (Å²) in [6, 6.07) is 9.11. The minimum absolute atomic E-state index is 0.268. The molecule has 0 atom stereocenters. The lowest BCUT2D eigenvalue weighted by molar-refractivity contribution is 0.102. The van der Waals surface area contributed by atoms with Crippen molar-refractivity contribution in [1.82, 2.24) is 24.5 Å². The second-order valence-corrected chi connectivity index (χ2v) is 13.4. The number of nitrogens with zero attached hydrogens (tertiary/aromatic N) is 5. The van der Waals surface area contributed by atoms with Gasteiger partial charge in [0, 0.05) is 24.2 Å². The molecule has 0 bridgehead atoms. The molecule has 0 aliphatic heterocycles. The molecule has 1 fully saturated rings.